The molecule has 0 atom stereocenters. The Labute approximate surface area is 236 Å². The number of aryl methyl sites for hydroxylation is 3. The van der Waals surface area contributed by atoms with Gasteiger partial charge in [-0.1, -0.05) is 11.6 Å². The highest BCUT2D eigenvalue weighted by molar-refractivity contribution is 6.36. The van der Waals surface area contributed by atoms with E-state index >= 15 is 0 Å². The number of morpholine rings is 1. The Hall–Kier alpha value is -4.13. The molecule has 0 saturated carbocycles. The van der Waals surface area contributed by atoms with Crippen LogP contribution in [-0.2, 0) is 18.8 Å². The first-order valence-electron chi connectivity index (χ1n) is 12.8. The van der Waals surface area contributed by atoms with E-state index < -0.39 is 0 Å². The molecular formula is C27H31ClN8O4. The number of nitrogens with zero attached hydrogens (tertiary/aromatic N) is 6. The number of pyridine rings is 3. The van der Waals surface area contributed by atoms with Gasteiger partial charge < -0.3 is 34.4 Å². The molecule has 4 aromatic heterocycles. The number of hydrogen-bond donors (Lipinski definition) is 2. The number of hydrogen-bond acceptors (Lipinski definition) is 10. The lowest BCUT2D eigenvalue weighted by Gasteiger charge is -2.26. The van der Waals surface area contributed by atoms with E-state index in [1.165, 1.54) is 17.0 Å². The predicted molar refractivity (Wildman–Crippen MR) is 153 cm³/mol. The molecule has 4 aromatic rings. The number of rotatable bonds is 9. The third-order valence-electron chi connectivity index (χ3n) is 6.51. The van der Waals surface area contributed by atoms with Gasteiger partial charge in [-0.3, -0.25) is 9.69 Å². The summed E-state index contributed by atoms with van der Waals surface area (Å²) >= 11 is 6.74. The van der Waals surface area contributed by atoms with E-state index in [0.29, 0.717) is 46.6 Å². The van der Waals surface area contributed by atoms with Gasteiger partial charge >= 0.3 is 0 Å². The fraction of sp³-hybridized carbons (Fsp3) is 0.333. The second kappa shape index (κ2) is 11.9. The minimum Gasteiger partial charge on any atom is -0.491 e. The highest BCUT2D eigenvalue weighted by Gasteiger charge is 2.19. The lowest BCUT2D eigenvalue weighted by molar-refractivity contribution is 0.0322. The Kier molecular flexibility index (Phi) is 8.19. The van der Waals surface area contributed by atoms with Gasteiger partial charge in [0, 0.05) is 46.1 Å². The molecule has 12 nitrogen and oxygen atoms in total. The smallest absolute Gasteiger partial charge is 0.274 e. The van der Waals surface area contributed by atoms with E-state index in [1.807, 2.05) is 13.0 Å². The second-order valence-corrected chi connectivity index (χ2v) is 9.77. The first-order chi connectivity index (χ1) is 19.3. The van der Waals surface area contributed by atoms with Crippen molar-refractivity contribution in [2.24, 2.45) is 19.8 Å². The molecule has 1 aliphatic heterocycles. The van der Waals surface area contributed by atoms with E-state index in [1.54, 1.807) is 43.2 Å². The summed E-state index contributed by atoms with van der Waals surface area (Å²) in [5, 5.41) is 3.38. The van der Waals surface area contributed by atoms with Crippen LogP contribution < -0.4 is 26.1 Å². The van der Waals surface area contributed by atoms with Gasteiger partial charge in [-0.05, 0) is 30.7 Å². The minimum atomic E-state index is -0.181. The predicted octanol–water partition coefficient (Wildman–Crippen LogP) is 2.81. The fourth-order valence-electron chi connectivity index (χ4n) is 4.41. The van der Waals surface area contributed by atoms with Crippen molar-refractivity contribution in [2.75, 3.05) is 44.8 Å². The van der Waals surface area contributed by atoms with Crippen LogP contribution in [0.15, 0.2) is 47.8 Å². The van der Waals surface area contributed by atoms with Crippen LogP contribution in [0.3, 0.4) is 0 Å². The van der Waals surface area contributed by atoms with Gasteiger partial charge in [0.1, 0.15) is 34.3 Å². The third kappa shape index (κ3) is 5.88. The molecule has 0 aliphatic carbocycles. The lowest BCUT2D eigenvalue weighted by Crippen LogP contribution is -2.38. The largest absolute Gasteiger partial charge is 0.491 e. The maximum Gasteiger partial charge on any atom is 0.274 e. The molecule has 0 spiro atoms. The molecule has 210 valence electrons. The second-order valence-electron chi connectivity index (χ2n) is 9.39. The standard InChI is InChI=1S/C27H31ClN8O4/c1-17-12-20(26(37)34(2)16-17)32-27-33-25-24(35(27)3)23(28)22(15-31-25)40-21(13-29)19-5-4-18(14-30-19)39-11-8-36-6-9-38-10-7-36/h4-5,12-16H,6-11,29H2,1-3H3,(H,31,32,33). The van der Waals surface area contributed by atoms with Crippen LogP contribution in [0.25, 0.3) is 16.9 Å². The average molecular weight is 567 g/mol. The maximum atomic E-state index is 12.6. The highest BCUT2D eigenvalue weighted by Crippen LogP contribution is 2.35. The van der Waals surface area contributed by atoms with E-state index in [-0.39, 0.29) is 16.3 Å². The van der Waals surface area contributed by atoms with Crippen LogP contribution >= 0.6 is 11.6 Å². The topological polar surface area (TPSA) is 135 Å². The quantitative estimate of drug-likeness (QED) is 0.291. The molecule has 5 rings (SSSR count). The van der Waals surface area contributed by atoms with Gasteiger partial charge in [0.15, 0.2) is 17.2 Å². The zero-order valence-corrected chi connectivity index (χ0v) is 23.3. The molecule has 1 aliphatic rings. The van der Waals surface area contributed by atoms with Crippen LogP contribution in [-0.4, -0.2) is 68.4 Å². The molecule has 13 heteroatoms. The van der Waals surface area contributed by atoms with Crippen LogP contribution in [0.5, 0.6) is 11.5 Å². The summed E-state index contributed by atoms with van der Waals surface area (Å²) in [6.07, 6.45) is 6.17. The molecule has 40 heavy (non-hydrogen) atoms. The molecule has 0 aromatic carbocycles. The summed E-state index contributed by atoms with van der Waals surface area (Å²) in [6, 6.07) is 5.33. The Balaban J connectivity index is 1.30. The summed E-state index contributed by atoms with van der Waals surface area (Å²) in [5.41, 5.74) is 8.44. The molecule has 0 radical (unpaired) electrons. The number of aromatic nitrogens is 5. The normalized spacial score (nSPS) is 14.4. The van der Waals surface area contributed by atoms with Crippen molar-refractivity contribution in [2.45, 2.75) is 6.92 Å². The molecule has 0 unspecified atom stereocenters. The minimum absolute atomic E-state index is 0.181. The van der Waals surface area contributed by atoms with Crippen molar-refractivity contribution in [1.29, 1.82) is 0 Å². The van der Waals surface area contributed by atoms with Crippen LogP contribution in [0, 0.1) is 6.92 Å². The molecule has 0 bridgehead atoms. The van der Waals surface area contributed by atoms with Crippen LogP contribution in [0.4, 0.5) is 11.6 Å². The van der Waals surface area contributed by atoms with Crippen LogP contribution in [0.2, 0.25) is 5.02 Å². The number of ether oxygens (including phenoxy) is 3. The Bertz CT molecular complexity index is 1590. The molecule has 5 heterocycles. The Morgan fingerprint density at radius 3 is 2.75 bits per heavy atom. The maximum absolute atomic E-state index is 12.6. The number of imidazole rings is 1. The SMILES string of the molecule is Cc1cc(Nc2nc3ncc(OC(=CN)c4ccc(OCCN5CCOCC5)cn4)c(Cl)c3n2C)c(=O)n(C)c1. The zero-order valence-electron chi connectivity index (χ0n) is 22.6. The number of nitrogens with one attached hydrogen (secondary N) is 1. The summed E-state index contributed by atoms with van der Waals surface area (Å²) < 4.78 is 20.5. The summed E-state index contributed by atoms with van der Waals surface area (Å²) in [6.45, 7) is 6.62. The van der Waals surface area contributed by atoms with E-state index in [4.69, 9.17) is 31.5 Å². The van der Waals surface area contributed by atoms with Crippen molar-refractivity contribution in [1.82, 2.24) is 29.0 Å². The van der Waals surface area contributed by atoms with Crippen molar-refractivity contribution in [3.8, 4) is 11.5 Å². The molecule has 1 fully saturated rings. The third-order valence-corrected chi connectivity index (χ3v) is 6.88. The fourth-order valence-corrected chi connectivity index (χ4v) is 4.70. The van der Waals surface area contributed by atoms with Crippen molar-refractivity contribution < 1.29 is 14.2 Å². The summed E-state index contributed by atoms with van der Waals surface area (Å²) in [4.78, 5) is 28.2. The molecule has 3 N–H and O–H groups in total. The van der Waals surface area contributed by atoms with Gasteiger partial charge in [-0.25, -0.2) is 9.97 Å². The van der Waals surface area contributed by atoms with Crippen LogP contribution in [0.1, 0.15) is 11.3 Å². The van der Waals surface area contributed by atoms with Crippen molar-refractivity contribution >= 4 is 40.2 Å². The average Bonchev–Trinajstić information content (AvgIpc) is 3.27. The molecular weight excluding hydrogens is 536 g/mol. The van der Waals surface area contributed by atoms with Gasteiger partial charge in [0.05, 0.1) is 25.6 Å². The first kappa shape index (κ1) is 27.4. The van der Waals surface area contributed by atoms with E-state index in [2.05, 4.69) is 25.2 Å². The number of fused-ring (bicyclic) bond motifs is 1. The number of nitrogens with two attached hydrogens (primary N) is 1. The lowest BCUT2D eigenvalue weighted by atomic mass is 10.3. The van der Waals surface area contributed by atoms with Gasteiger partial charge in [-0.2, -0.15) is 4.98 Å². The zero-order chi connectivity index (χ0) is 28.2. The van der Waals surface area contributed by atoms with Gasteiger partial charge in [0.2, 0.25) is 5.95 Å². The Morgan fingerprint density at radius 1 is 1.23 bits per heavy atom. The van der Waals surface area contributed by atoms with E-state index in [0.717, 1.165) is 38.4 Å². The summed E-state index contributed by atoms with van der Waals surface area (Å²) in [5.74, 6) is 1.63. The highest BCUT2D eigenvalue weighted by atomic mass is 35.5. The molecule has 0 amide bonds. The first-order valence-corrected chi connectivity index (χ1v) is 13.2. The number of halogens is 1. The number of anilines is 2. The van der Waals surface area contributed by atoms with Gasteiger partial charge in [0.25, 0.3) is 5.56 Å². The van der Waals surface area contributed by atoms with Crippen molar-refractivity contribution in [3.63, 3.8) is 0 Å². The summed E-state index contributed by atoms with van der Waals surface area (Å²) in [7, 11) is 3.47. The van der Waals surface area contributed by atoms with Gasteiger partial charge in [-0.15, -0.1) is 0 Å². The Morgan fingerprint density at radius 2 is 2.02 bits per heavy atom. The monoisotopic (exact) mass is 566 g/mol. The van der Waals surface area contributed by atoms with E-state index in [9.17, 15) is 4.79 Å². The molecule has 1 saturated heterocycles. The van der Waals surface area contributed by atoms with Crippen molar-refractivity contribution in [3.05, 3.63) is 69.6 Å².